The van der Waals surface area contributed by atoms with Crippen molar-refractivity contribution in [1.82, 2.24) is 9.13 Å². The molecule has 0 bridgehead atoms. The lowest BCUT2D eigenvalue weighted by Crippen LogP contribution is -2.57. The summed E-state index contributed by atoms with van der Waals surface area (Å²) in [7, 11) is 0. The summed E-state index contributed by atoms with van der Waals surface area (Å²) in [5, 5.41) is 5.07. The fourth-order valence-electron chi connectivity index (χ4n) is 9.73. The Bertz CT molecular complexity index is 3010. The highest BCUT2D eigenvalue weighted by Gasteiger charge is 2.36. The Labute approximate surface area is 315 Å². The largest absolute Gasteiger partial charge is 0.310 e. The normalized spacial score (nSPS) is 12.3. The van der Waals surface area contributed by atoms with Crippen LogP contribution in [0.15, 0.2) is 170 Å². The second-order valence-electron chi connectivity index (χ2n) is 15.1. The first kappa shape index (κ1) is 31.0. The van der Waals surface area contributed by atoms with Gasteiger partial charge in [0.2, 0.25) is 6.71 Å². The van der Waals surface area contributed by atoms with E-state index in [-0.39, 0.29) is 6.71 Å². The lowest BCUT2D eigenvalue weighted by molar-refractivity contribution is 1.18. The number of hydrogen-bond donors (Lipinski definition) is 0. The number of fused-ring (bicyclic) bond motifs is 8. The SMILES string of the molecule is Cc1cc(C)c(B2c3ccccc3-n3c4ccccc4c4c(-n5c6cc(-c7ccccc7)ccc6c6ccc(-c7ccccc7)cc65)ccc2c43)c(C)c1. The lowest BCUT2D eigenvalue weighted by atomic mass is 9.34. The zero-order valence-corrected chi connectivity index (χ0v) is 30.6. The van der Waals surface area contributed by atoms with Crippen LogP contribution in [-0.4, -0.2) is 15.8 Å². The van der Waals surface area contributed by atoms with Gasteiger partial charge in [-0.2, -0.15) is 0 Å². The summed E-state index contributed by atoms with van der Waals surface area (Å²) in [6.45, 7) is 6.91. The molecule has 0 amide bonds. The van der Waals surface area contributed by atoms with E-state index in [1.165, 1.54) is 110 Å². The maximum absolute atomic E-state index is 2.55. The number of para-hydroxylation sites is 2. The number of rotatable bonds is 4. The molecule has 0 aliphatic carbocycles. The molecule has 0 fully saturated rings. The van der Waals surface area contributed by atoms with Gasteiger partial charge in [-0.3, -0.25) is 0 Å². The molecule has 2 aromatic heterocycles. The molecule has 0 N–H and O–H groups in total. The average molecular weight is 689 g/mol. The second-order valence-corrected chi connectivity index (χ2v) is 15.1. The van der Waals surface area contributed by atoms with Gasteiger partial charge in [0.15, 0.2) is 0 Å². The van der Waals surface area contributed by atoms with Crippen LogP contribution in [0.2, 0.25) is 0 Å². The molecule has 1 aliphatic heterocycles. The Kier molecular flexibility index (Phi) is 6.72. The molecule has 2 nitrogen and oxygen atoms in total. The van der Waals surface area contributed by atoms with Crippen LogP contribution in [-0.2, 0) is 0 Å². The van der Waals surface area contributed by atoms with Crippen LogP contribution in [0.3, 0.4) is 0 Å². The van der Waals surface area contributed by atoms with Gasteiger partial charge in [-0.05, 0) is 84.3 Å². The minimum atomic E-state index is 0.114. The number of aryl methyl sites for hydroxylation is 3. The molecule has 0 radical (unpaired) electrons. The van der Waals surface area contributed by atoms with Gasteiger partial charge in [0, 0.05) is 27.2 Å². The third kappa shape index (κ3) is 4.42. The van der Waals surface area contributed by atoms with Gasteiger partial charge in [0.1, 0.15) is 0 Å². The van der Waals surface area contributed by atoms with Crippen LogP contribution in [0.4, 0.5) is 0 Å². The van der Waals surface area contributed by atoms with Crippen molar-refractivity contribution >= 4 is 66.7 Å². The van der Waals surface area contributed by atoms with Crippen LogP contribution in [0.25, 0.3) is 77.2 Å². The van der Waals surface area contributed by atoms with Crippen molar-refractivity contribution in [3.63, 3.8) is 0 Å². The molecule has 10 aromatic rings. The molecule has 11 rings (SSSR count). The Balaban J connectivity index is 1.30. The van der Waals surface area contributed by atoms with E-state index < -0.39 is 0 Å². The molecule has 8 aromatic carbocycles. The van der Waals surface area contributed by atoms with E-state index in [1.54, 1.807) is 0 Å². The van der Waals surface area contributed by atoms with E-state index in [0.717, 1.165) is 0 Å². The van der Waals surface area contributed by atoms with E-state index in [9.17, 15) is 0 Å². The molecular weight excluding hydrogens is 651 g/mol. The van der Waals surface area contributed by atoms with Gasteiger partial charge in [-0.25, -0.2) is 0 Å². The van der Waals surface area contributed by atoms with Gasteiger partial charge in [0.25, 0.3) is 0 Å². The van der Waals surface area contributed by atoms with E-state index in [4.69, 9.17) is 0 Å². The van der Waals surface area contributed by atoms with Crippen molar-refractivity contribution in [3.05, 3.63) is 187 Å². The quantitative estimate of drug-likeness (QED) is 0.163. The summed E-state index contributed by atoms with van der Waals surface area (Å²) in [4.78, 5) is 0. The molecule has 3 heteroatoms. The first-order valence-electron chi connectivity index (χ1n) is 19.0. The molecule has 0 saturated carbocycles. The second kappa shape index (κ2) is 11.7. The zero-order chi connectivity index (χ0) is 36.1. The van der Waals surface area contributed by atoms with Crippen molar-refractivity contribution < 1.29 is 0 Å². The predicted molar refractivity (Wildman–Crippen MR) is 231 cm³/mol. The highest BCUT2D eigenvalue weighted by molar-refractivity contribution is 6.98. The maximum Gasteiger partial charge on any atom is 0.247 e. The summed E-state index contributed by atoms with van der Waals surface area (Å²) in [6.07, 6.45) is 0. The van der Waals surface area contributed by atoms with Crippen molar-refractivity contribution in [2.45, 2.75) is 20.8 Å². The molecule has 1 aliphatic rings. The summed E-state index contributed by atoms with van der Waals surface area (Å²) < 4.78 is 5.10. The van der Waals surface area contributed by atoms with E-state index in [0.29, 0.717) is 0 Å². The minimum absolute atomic E-state index is 0.114. The Morgan fingerprint density at radius 1 is 0.389 bits per heavy atom. The third-order valence-corrected chi connectivity index (χ3v) is 11.9. The molecule has 0 atom stereocenters. The van der Waals surface area contributed by atoms with Gasteiger partial charge in [0.05, 0.1) is 27.8 Å². The third-order valence-electron chi connectivity index (χ3n) is 11.9. The van der Waals surface area contributed by atoms with Crippen molar-refractivity contribution in [3.8, 4) is 33.6 Å². The molecule has 0 saturated heterocycles. The van der Waals surface area contributed by atoms with Crippen LogP contribution in [0.1, 0.15) is 16.7 Å². The van der Waals surface area contributed by atoms with Crippen molar-refractivity contribution in [2.75, 3.05) is 0 Å². The summed E-state index contributed by atoms with van der Waals surface area (Å²) >= 11 is 0. The Morgan fingerprint density at radius 3 is 1.61 bits per heavy atom. The van der Waals surface area contributed by atoms with Gasteiger partial charge >= 0.3 is 0 Å². The highest BCUT2D eigenvalue weighted by atomic mass is 15.0. The van der Waals surface area contributed by atoms with Crippen molar-refractivity contribution in [2.24, 2.45) is 0 Å². The van der Waals surface area contributed by atoms with Gasteiger partial charge < -0.3 is 9.13 Å². The maximum atomic E-state index is 2.55. The Morgan fingerprint density at radius 2 is 0.963 bits per heavy atom. The molecule has 3 heterocycles. The molecular formula is C51H37BN2. The first-order chi connectivity index (χ1) is 26.5. The van der Waals surface area contributed by atoms with Gasteiger partial charge in [-0.15, -0.1) is 0 Å². The molecule has 0 spiro atoms. The van der Waals surface area contributed by atoms with Crippen LogP contribution >= 0.6 is 0 Å². The highest BCUT2D eigenvalue weighted by Crippen LogP contribution is 2.42. The van der Waals surface area contributed by atoms with Crippen LogP contribution < -0.4 is 16.4 Å². The number of nitrogens with zero attached hydrogens (tertiary/aromatic N) is 2. The summed E-state index contributed by atoms with van der Waals surface area (Å²) in [5.74, 6) is 0. The molecule has 254 valence electrons. The van der Waals surface area contributed by atoms with Crippen molar-refractivity contribution in [1.29, 1.82) is 0 Å². The number of aromatic nitrogens is 2. The minimum Gasteiger partial charge on any atom is -0.310 e. The number of benzene rings is 8. The van der Waals surface area contributed by atoms with Gasteiger partial charge in [-0.1, -0.05) is 162 Å². The fourth-order valence-corrected chi connectivity index (χ4v) is 9.73. The topological polar surface area (TPSA) is 9.86 Å². The summed E-state index contributed by atoms with van der Waals surface area (Å²) in [5.41, 5.74) is 20.4. The molecule has 0 unspecified atom stereocenters. The fraction of sp³-hybridized carbons (Fsp3) is 0.0588. The monoisotopic (exact) mass is 688 g/mol. The number of hydrogen-bond acceptors (Lipinski definition) is 0. The van der Waals surface area contributed by atoms with Crippen LogP contribution in [0.5, 0.6) is 0 Å². The standard InChI is InChI=1S/C51H37BN2/c1-32-28-33(2)50(34(3)29-32)52-42-19-11-13-21-45(42)54-44-20-12-10-18-41(44)49-46(27-26-43(52)51(49)54)53-47-30-37(35-14-6-4-7-15-35)22-24-39(47)40-25-23-38(31-48(40)53)36-16-8-5-9-17-36/h4-31H,1-3H3. The van der Waals surface area contributed by atoms with E-state index in [2.05, 4.69) is 200 Å². The first-order valence-corrected chi connectivity index (χ1v) is 19.0. The average Bonchev–Trinajstić information content (AvgIpc) is 3.73. The smallest absolute Gasteiger partial charge is 0.247 e. The Hall–Kier alpha value is -6.58. The lowest BCUT2D eigenvalue weighted by Gasteiger charge is -2.29. The zero-order valence-electron chi connectivity index (χ0n) is 30.6. The van der Waals surface area contributed by atoms with Crippen LogP contribution in [0, 0.1) is 20.8 Å². The molecule has 54 heavy (non-hydrogen) atoms. The summed E-state index contributed by atoms with van der Waals surface area (Å²) in [6, 6.07) is 63.2. The van der Waals surface area contributed by atoms with E-state index in [1.807, 2.05) is 0 Å². The van der Waals surface area contributed by atoms with E-state index >= 15 is 0 Å². The predicted octanol–water partition coefficient (Wildman–Crippen LogP) is 11.0.